The number of nitriles is 1. The highest BCUT2D eigenvalue weighted by molar-refractivity contribution is 5.82. The van der Waals surface area contributed by atoms with Gasteiger partial charge >= 0.3 is 12.1 Å². The number of halogens is 3. The first kappa shape index (κ1) is 18.2. The van der Waals surface area contributed by atoms with E-state index in [1.54, 1.807) is 4.90 Å². The Morgan fingerprint density at radius 2 is 1.86 bits per heavy atom. The number of rotatable bonds is 1. The van der Waals surface area contributed by atoms with Gasteiger partial charge < -0.3 is 15.3 Å². The van der Waals surface area contributed by atoms with Gasteiger partial charge in [-0.05, 0) is 32.2 Å². The third-order valence-electron chi connectivity index (χ3n) is 3.54. The lowest BCUT2D eigenvalue weighted by Crippen LogP contribution is -2.49. The predicted octanol–water partition coefficient (Wildman–Crippen LogP) is 1.28. The van der Waals surface area contributed by atoms with E-state index < -0.39 is 12.1 Å². The van der Waals surface area contributed by atoms with Gasteiger partial charge in [0.2, 0.25) is 5.91 Å². The molecule has 0 aromatic rings. The molecule has 2 saturated heterocycles. The summed E-state index contributed by atoms with van der Waals surface area (Å²) < 4.78 is 31.7. The minimum atomic E-state index is -5.08. The van der Waals surface area contributed by atoms with Crippen molar-refractivity contribution in [1.29, 1.82) is 5.26 Å². The summed E-state index contributed by atoms with van der Waals surface area (Å²) in [6.45, 7) is 1.69. The number of aliphatic carboxylic acids is 1. The van der Waals surface area contributed by atoms with E-state index in [4.69, 9.17) is 15.2 Å². The van der Waals surface area contributed by atoms with E-state index in [0.29, 0.717) is 0 Å². The Labute approximate surface area is 125 Å². The quantitative estimate of drug-likeness (QED) is 0.759. The van der Waals surface area contributed by atoms with Gasteiger partial charge in [0, 0.05) is 6.54 Å². The molecule has 124 valence electrons. The normalized spacial score (nSPS) is 24.9. The summed E-state index contributed by atoms with van der Waals surface area (Å²) in [4.78, 5) is 22.7. The molecule has 0 unspecified atom stereocenters. The number of carboxylic acids is 1. The zero-order valence-electron chi connectivity index (χ0n) is 11.9. The molecule has 2 aliphatic rings. The number of alkyl halides is 3. The van der Waals surface area contributed by atoms with Crippen LogP contribution in [0.25, 0.3) is 0 Å². The zero-order chi connectivity index (χ0) is 16.8. The van der Waals surface area contributed by atoms with Crippen molar-refractivity contribution in [3.05, 3.63) is 0 Å². The minimum absolute atomic E-state index is 0.0345. The second-order valence-electron chi connectivity index (χ2n) is 5.12. The molecular weight excluding hydrogens is 303 g/mol. The zero-order valence-corrected chi connectivity index (χ0v) is 11.9. The summed E-state index contributed by atoms with van der Waals surface area (Å²) in [6, 6.07) is 2.00. The Balaban J connectivity index is 0.000000295. The molecule has 0 radical (unpaired) electrons. The summed E-state index contributed by atoms with van der Waals surface area (Å²) in [5.41, 5.74) is 0. The van der Waals surface area contributed by atoms with Crippen molar-refractivity contribution in [3.63, 3.8) is 0 Å². The Morgan fingerprint density at radius 1 is 1.23 bits per heavy atom. The lowest BCUT2D eigenvalue weighted by Gasteiger charge is -2.28. The average Bonchev–Trinajstić information content (AvgIpc) is 2.95. The standard InChI is InChI=1S/C11H17N3O.C2HF3O2/c12-8-9-4-3-7-14(9)11(15)10-5-1-2-6-13-10;3-2(4,5)1(6)7/h9-10,13H,1-7H2;(H,6,7)/t9-,10-;/m0./s1. The molecule has 2 aliphatic heterocycles. The van der Waals surface area contributed by atoms with Gasteiger partial charge in [-0.25, -0.2) is 4.79 Å². The van der Waals surface area contributed by atoms with Crippen molar-refractivity contribution in [2.45, 2.75) is 50.4 Å². The molecule has 0 aromatic carbocycles. The van der Waals surface area contributed by atoms with Crippen LogP contribution in [0.15, 0.2) is 0 Å². The van der Waals surface area contributed by atoms with E-state index >= 15 is 0 Å². The molecule has 0 bridgehead atoms. The van der Waals surface area contributed by atoms with Gasteiger partial charge in [0.1, 0.15) is 6.04 Å². The number of carbonyl (C=O) groups is 2. The van der Waals surface area contributed by atoms with Gasteiger partial charge in [0.25, 0.3) is 0 Å². The molecule has 22 heavy (non-hydrogen) atoms. The van der Waals surface area contributed by atoms with Crippen LogP contribution < -0.4 is 5.32 Å². The first-order valence-electron chi connectivity index (χ1n) is 7.01. The van der Waals surface area contributed by atoms with E-state index in [2.05, 4.69) is 11.4 Å². The topological polar surface area (TPSA) is 93.4 Å². The van der Waals surface area contributed by atoms with Gasteiger partial charge in [-0.3, -0.25) is 4.79 Å². The summed E-state index contributed by atoms with van der Waals surface area (Å²) >= 11 is 0. The number of piperidine rings is 1. The van der Waals surface area contributed by atoms with Gasteiger partial charge in [-0.2, -0.15) is 18.4 Å². The van der Waals surface area contributed by atoms with Crippen LogP contribution in [0.1, 0.15) is 32.1 Å². The lowest BCUT2D eigenvalue weighted by atomic mass is 10.0. The fraction of sp³-hybridized carbons (Fsp3) is 0.769. The third-order valence-corrected chi connectivity index (χ3v) is 3.54. The summed E-state index contributed by atoms with van der Waals surface area (Å²) in [5, 5.41) is 19.3. The highest BCUT2D eigenvalue weighted by atomic mass is 19.4. The molecule has 2 atom stereocenters. The first-order valence-corrected chi connectivity index (χ1v) is 7.01. The maximum absolute atomic E-state index is 12.1. The average molecular weight is 321 g/mol. The van der Waals surface area contributed by atoms with Crippen LogP contribution in [0.5, 0.6) is 0 Å². The van der Waals surface area contributed by atoms with Crippen LogP contribution in [-0.2, 0) is 9.59 Å². The van der Waals surface area contributed by atoms with E-state index in [9.17, 15) is 18.0 Å². The van der Waals surface area contributed by atoms with Gasteiger partial charge in [-0.15, -0.1) is 0 Å². The van der Waals surface area contributed by atoms with Gasteiger partial charge in [0.05, 0.1) is 12.1 Å². The van der Waals surface area contributed by atoms with E-state index in [0.717, 1.165) is 45.2 Å². The molecule has 0 spiro atoms. The van der Waals surface area contributed by atoms with E-state index in [-0.39, 0.29) is 18.0 Å². The SMILES string of the molecule is N#C[C@@H]1CCCN1C(=O)[C@@H]1CCCCN1.O=C(O)C(F)(F)F. The summed E-state index contributed by atoms with van der Waals surface area (Å²) in [5.74, 6) is -2.62. The van der Waals surface area contributed by atoms with Gasteiger partial charge in [0.15, 0.2) is 0 Å². The predicted molar refractivity (Wildman–Crippen MR) is 69.7 cm³/mol. The number of carboxylic acid groups (broad SMARTS) is 1. The molecule has 6 nitrogen and oxygen atoms in total. The van der Waals surface area contributed by atoms with Crippen molar-refractivity contribution in [1.82, 2.24) is 10.2 Å². The van der Waals surface area contributed by atoms with Crippen molar-refractivity contribution in [2.24, 2.45) is 0 Å². The maximum Gasteiger partial charge on any atom is 0.490 e. The van der Waals surface area contributed by atoms with Crippen molar-refractivity contribution >= 4 is 11.9 Å². The number of likely N-dealkylation sites (tertiary alicyclic amines) is 1. The van der Waals surface area contributed by atoms with Crippen LogP contribution in [0.3, 0.4) is 0 Å². The van der Waals surface area contributed by atoms with Crippen molar-refractivity contribution in [2.75, 3.05) is 13.1 Å². The molecule has 9 heteroatoms. The summed E-state index contributed by atoms with van der Waals surface area (Å²) in [7, 11) is 0. The number of hydrogen-bond donors (Lipinski definition) is 2. The Kier molecular flexibility index (Phi) is 6.61. The fourth-order valence-electron chi connectivity index (χ4n) is 2.43. The highest BCUT2D eigenvalue weighted by Crippen LogP contribution is 2.19. The highest BCUT2D eigenvalue weighted by Gasteiger charge is 2.38. The first-order chi connectivity index (χ1) is 10.3. The molecule has 0 aromatic heterocycles. The smallest absolute Gasteiger partial charge is 0.475 e. The molecule has 2 fully saturated rings. The molecule has 0 aliphatic carbocycles. The molecule has 0 saturated carbocycles. The third kappa shape index (κ3) is 5.18. The number of nitrogens with one attached hydrogen (secondary N) is 1. The van der Waals surface area contributed by atoms with Gasteiger partial charge in [-0.1, -0.05) is 6.42 Å². The Hall–Kier alpha value is -1.82. The fourth-order valence-corrected chi connectivity index (χ4v) is 2.43. The largest absolute Gasteiger partial charge is 0.490 e. The maximum atomic E-state index is 12.1. The minimum Gasteiger partial charge on any atom is -0.475 e. The second kappa shape index (κ2) is 7.98. The van der Waals surface area contributed by atoms with Crippen molar-refractivity contribution < 1.29 is 27.9 Å². The Bertz CT molecular complexity index is 442. The van der Waals surface area contributed by atoms with Crippen LogP contribution in [0, 0.1) is 11.3 Å². The lowest BCUT2D eigenvalue weighted by molar-refractivity contribution is -0.192. The van der Waals surface area contributed by atoms with Crippen LogP contribution in [-0.4, -0.2) is 53.2 Å². The van der Waals surface area contributed by atoms with Crippen LogP contribution >= 0.6 is 0 Å². The molecular formula is C13H18F3N3O3. The summed E-state index contributed by atoms with van der Waals surface area (Å²) in [6.07, 6.45) is -0.0704. The molecule has 2 heterocycles. The van der Waals surface area contributed by atoms with Crippen LogP contribution in [0.4, 0.5) is 13.2 Å². The van der Waals surface area contributed by atoms with Crippen LogP contribution in [0.2, 0.25) is 0 Å². The van der Waals surface area contributed by atoms with E-state index in [1.807, 2.05) is 0 Å². The molecule has 1 amide bonds. The number of nitrogens with zero attached hydrogens (tertiary/aromatic N) is 2. The van der Waals surface area contributed by atoms with E-state index in [1.165, 1.54) is 0 Å². The number of hydrogen-bond acceptors (Lipinski definition) is 4. The number of amides is 1. The molecule has 2 N–H and O–H groups in total. The van der Waals surface area contributed by atoms with Crippen molar-refractivity contribution in [3.8, 4) is 6.07 Å². The Morgan fingerprint density at radius 3 is 2.32 bits per heavy atom. The monoisotopic (exact) mass is 321 g/mol. The second-order valence-corrected chi connectivity index (χ2v) is 5.12. The molecule has 2 rings (SSSR count). The number of carbonyl (C=O) groups excluding carboxylic acids is 1.